The SMILES string of the molecule is CC1(C)OB(c2ccc(C(=O)Nc3cc(OC4CC4)ccn3)cc2)OC1(C)C. The molecule has 28 heavy (non-hydrogen) atoms. The molecule has 0 unspecified atom stereocenters. The second kappa shape index (κ2) is 6.90. The molecule has 4 rings (SSSR count). The lowest BCUT2D eigenvalue weighted by Crippen LogP contribution is -2.41. The molecule has 0 spiro atoms. The number of aromatic nitrogens is 1. The molecule has 2 aliphatic rings. The lowest BCUT2D eigenvalue weighted by molar-refractivity contribution is 0.00578. The molecule has 1 amide bonds. The first-order chi connectivity index (χ1) is 13.2. The molecular weight excluding hydrogens is 355 g/mol. The number of carbonyl (C=O) groups excluding carboxylic acids is 1. The number of anilines is 1. The van der Waals surface area contributed by atoms with Crippen LogP contribution in [0.3, 0.4) is 0 Å². The molecule has 2 fully saturated rings. The first-order valence-electron chi connectivity index (χ1n) is 9.63. The summed E-state index contributed by atoms with van der Waals surface area (Å²) in [7, 11) is -0.444. The minimum absolute atomic E-state index is 0.225. The van der Waals surface area contributed by atoms with Gasteiger partial charge in [0, 0.05) is 17.8 Å². The highest BCUT2D eigenvalue weighted by molar-refractivity contribution is 6.62. The standard InChI is InChI=1S/C21H25BN2O4/c1-20(2)21(3,4)28-22(27-20)15-7-5-14(6-8-15)19(25)24-18-13-17(11-12-23-18)26-16-9-10-16/h5-8,11-13,16H,9-10H2,1-4H3,(H,23,24,25). The van der Waals surface area contributed by atoms with E-state index in [2.05, 4.69) is 10.3 Å². The quantitative estimate of drug-likeness (QED) is 0.807. The maximum atomic E-state index is 12.5. The molecule has 6 nitrogen and oxygen atoms in total. The second-order valence-electron chi connectivity index (χ2n) is 8.36. The van der Waals surface area contributed by atoms with E-state index in [0.717, 1.165) is 24.1 Å². The Labute approximate surface area is 165 Å². The Morgan fingerprint density at radius 2 is 1.75 bits per heavy atom. The second-order valence-corrected chi connectivity index (χ2v) is 8.36. The van der Waals surface area contributed by atoms with Crippen LogP contribution in [0, 0.1) is 0 Å². The molecule has 0 radical (unpaired) electrons. The van der Waals surface area contributed by atoms with Gasteiger partial charge >= 0.3 is 7.12 Å². The molecule has 0 atom stereocenters. The third-order valence-electron chi connectivity index (χ3n) is 5.50. The zero-order valence-electron chi connectivity index (χ0n) is 16.7. The zero-order chi connectivity index (χ0) is 19.9. The fourth-order valence-corrected chi connectivity index (χ4v) is 2.89. The Kier molecular flexibility index (Phi) is 4.67. The Morgan fingerprint density at radius 1 is 1.11 bits per heavy atom. The summed E-state index contributed by atoms with van der Waals surface area (Å²) in [6, 6.07) is 10.8. The maximum Gasteiger partial charge on any atom is 0.494 e. The van der Waals surface area contributed by atoms with E-state index in [1.807, 2.05) is 39.8 Å². The number of hydrogen-bond donors (Lipinski definition) is 1. The molecule has 1 aromatic carbocycles. The highest BCUT2D eigenvalue weighted by Gasteiger charge is 2.51. The molecule has 1 aromatic heterocycles. The predicted octanol–water partition coefficient (Wildman–Crippen LogP) is 3.17. The Morgan fingerprint density at radius 3 is 2.36 bits per heavy atom. The van der Waals surface area contributed by atoms with Gasteiger partial charge in [-0.1, -0.05) is 12.1 Å². The number of rotatable bonds is 5. The van der Waals surface area contributed by atoms with Gasteiger partial charge in [-0.25, -0.2) is 4.98 Å². The van der Waals surface area contributed by atoms with E-state index in [9.17, 15) is 4.79 Å². The lowest BCUT2D eigenvalue weighted by Gasteiger charge is -2.32. The average Bonchev–Trinajstić information content (AvgIpc) is 3.41. The summed E-state index contributed by atoms with van der Waals surface area (Å²) in [6.45, 7) is 8.07. The Bertz CT molecular complexity index is 862. The first-order valence-corrected chi connectivity index (χ1v) is 9.63. The van der Waals surface area contributed by atoms with E-state index < -0.39 is 18.3 Å². The average molecular weight is 380 g/mol. The van der Waals surface area contributed by atoms with Crippen LogP contribution >= 0.6 is 0 Å². The van der Waals surface area contributed by atoms with Gasteiger partial charge in [-0.3, -0.25) is 4.79 Å². The summed E-state index contributed by atoms with van der Waals surface area (Å²) >= 11 is 0. The number of hydrogen-bond acceptors (Lipinski definition) is 5. The van der Waals surface area contributed by atoms with E-state index >= 15 is 0 Å². The van der Waals surface area contributed by atoms with Crippen molar-refractivity contribution in [2.24, 2.45) is 0 Å². The summed E-state index contributed by atoms with van der Waals surface area (Å²) in [5.74, 6) is 0.971. The first kappa shape index (κ1) is 19.0. The molecular formula is C21H25BN2O4. The van der Waals surface area contributed by atoms with Crippen LogP contribution in [-0.4, -0.2) is 35.3 Å². The van der Waals surface area contributed by atoms with Crippen molar-refractivity contribution < 1.29 is 18.8 Å². The monoisotopic (exact) mass is 380 g/mol. The number of benzene rings is 1. The molecule has 7 heteroatoms. The van der Waals surface area contributed by atoms with Gasteiger partial charge in [-0.15, -0.1) is 0 Å². The van der Waals surface area contributed by atoms with Gasteiger partial charge in [0.2, 0.25) is 0 Å². The van der Waals surface area contributed by atoms with E-state index in [-0.39, 0.29) is 5.91 Å². The van der Waals surface area contributed by atoms with Crippen molar-refractivity contribution in [1.29, 1.82) is 0 Å². The van der Waals surface area contributed by atoms with Crippen molar-refractivity contribution in [2.45, 2.75) is 57.8 Å². The van der Waals surface area contributed by atoms with Gasteiger partial charge < -0.3 is 19.4 Å². The number of nitrogens with one attached hydrogen (secondary N) is 1. The molecule has 1 saturated carbocycles. The number of carbonyl (C=O) groups is 1. The van der Waals surface area contributed by atoms with Crippen LogP contribution in [0.4, 0.5) is 5.82 Å². The Balaban J connectivity index is 1.42. The fourth-order valence-electron chi connectivity index (χ4n) is 2.89. The lowest BCUT2D eigenvalue weighted by atomic mass is 9.79. The third kappa shape index (κ3) is 3.91. The zero-order valence-corrected chi connectivity index (χ0v) is 16.7. The molecule has 1 saturated heterocycles. The van der Waals surface area contributed by atoms with Gasteiger partial charge in [0.1, 0.15) is 11.6 Å². The third-order valence-corrected chi connectivity index (χ3v) is 5.50. The molecule has 1 aliphatic carbocycles. The fraction of sp³-hybridized carbons (Fsp3) is 0.429. The van der Waals surface area contributed by atoms with Gasteiger partial charge in [-0.2, -0.15) is 0 Å². The van der Waals surface area contributed by atoms with E-state index in [1.54, 1.807) is 30.5 Å². The summed E-state index contributed by atoms with van der Waals surface area (Å²) in [5, 5.41) is 2.81. The van der Waals surface area contributed by atoms with Crippen LogP contribution in [0.5, 0.6) is 5.75 Å². The largest absolute Gasteiger partial charge is 0.494 e. The van der Waals surface area contributed by atoms with Crippen molar-refractivity contribution in [2.75, 3.05) is 5.32 Å². The van der Waals surface area contributed by atoms with Gasteiger partial charge in [0.05, 0.1) is 17.3 Å². The minimum Gasteiger partial charge on any atom is -0.490 e. The van der Waals surface area contributed by atoms with Crippen LogP contribution in [0.2, 0.25) is 0 Å². The van der Waals surface area contributed by atoms with Gasteiger partial charge in [0.15, 0.2) is 0 Å². The smallest absolute Gasteiger partial charge is 0.490 e. The molecule has 1 N–H and O–H groups in total. The maximum absolute atomic E-state index is 12.5. The topological polar surface area (TPSA) is 69.7 Å². The molecule has 2 aromatic rings. The molecule has 1 aliphatic heterocycles. The predicted molar refractivity (Wildman–Crippen MR) is 108 cm³/mol. The van der Waals surface area contributed by atoms with Gasteiger partial charge in [-0.05, 0) is 64.2 Å². The number of nitrogens with zero attached hydrogens (tertiary/aromatic N) is 1. The molecule has 2 heterocycles. The van der Waals surface area contributed by atoms with Crippen LogP contribution in [0.1, 0.15) is 50.9 Å². The van der Waals surface area contributed by atoms with Gasteiger partial charge in [0.25, 0.3) is 5.91 Å². The van der Waals surface area contributed by atoms with Crippen LogP contribution in [0.25, 0.3) is 0 Å². The summed E-state index contributed by atoms with van der Waals surface area (Å²) < 4.78 is 17.8. The van der Waals surface area contributed by atoms with Crippen molar-refractivity contribution >= 4 is 24.3 Å². The van der Waals surface area contributed by atoms with Crippen molar-refractivity contribution in [3.8, 4) is 5.75 Å². The summed E-state index contributed by atoms with van der Waals surface area (Å²) in [6.07, 6.45) is 4.10. The highest BCUT2D eigenvalue weighted by atomic mass is 16.7. The Hall–Kier alpha value is -2.38. The highest BCUT2D eigenvalue weighted by Crippen LogP contribution is 2.36. The minimum atomic E-state index is -0.444. The van der Waals surface area contributed by atoms with Crippen molar-refractivity contribution in [1.82, 2.24) is 4.98 Å². The van der Waals surface area contributed by atoms with E-state index in [0.29, 0.717) is 17.5 Å². The van der Waals surface area contributed by atoms with E-state index in [4.69, 9.17) is 14.0 Å². The number of pyridine rings is 1. The van der Waals surface area contributed by atoms with Crippen LogP contribution < -0.4 is 15.5 Å². The summed E-state index contributed by atoms with van der Waals surface area (Å²) in [4.78, 5) is 16.7. The van der Waals surface area contributed by atoms with Crippen molar-refractivity contribution in [3.63, 3.8) is 0 Å². The molecule has 146 valence electrons. The van der Waals surface area contributed by atoms with Crippen LogP contribution in [0.15, 0.2) is 42.6 Å². The molecule has 0 bridgehead atoms. The summed E-state index contributed by atoms with van der Waals surface area (Å²) in [5.41, 5.74) is 0.628. The number of amides is 1. The van der Waals surface area contributed by atoms with E-state index in [1.165, 1.54) is 0 Å². The van der Waals surface area contributed by atoms with Crippen LogP contribution in [-0.2, 0) is 9.31 Å². The number of ether oxygens (including phenoxy) is 1. The normalized spacial score (nSPS) is 20.1. The van der Waals surface area contributed by atoms with Crippen molar-refractivity contribution in [3.05, 3.63) is 48.2 Å².